The molecule has 1 saturated heterocycles. The normalized spacial score (nSPS) is 16.9. The SMILES string of the molecule is Cc1cn(CC(=O)N2CCC(F)C2)c(=O)c2c(-c3ccc(F)c(Cl)c3)ccn12. The second kappa shape index (κ2) is 7.05. The Morgan fingerprint density at radius 2 is 2.11 bits per heavy atom. The minimum Gasteiger partial charge on any atom is -0.338 e. The molecule has 3 aromatic rings. The first-order valence-electron chi connectivity index (χ1n) is 8.93. The number of likely N-dealkylation sites (tertiary alicyclic amines) is 1. The first kappa shape index (κ1) is 18.7. The summed E-state index contributed by atoms with van der Waals surface area (Å²) in [5.74, 6) is -0.825. The van der Waals surface area contributed by atoms with Gasteiger partial charge in [-0.3, -0.25) is 9.59 Å². The number of alkyl halides is 1. The first-order valence-corrected chi connectivity index (χ1v) is 9.31. The van der Waals surface area contributed by atoms with Crippen molar-refractivity contribution in [3.63, 3.8) is 0 Å². The maximum Gasteiger partial charge on any atom is 0.275 e. The lowest BCUT2D eigenvalue weighted by molar-refractivity contribution is -0.131. The highest BCUT2D eigenvalue weighted by atomic mass is 35.5. The van der Waals surface area contributed by atoms with Gasteiger partial charge in [-0.15, -0.1) is 0 Å². The van der Waals surface area contributed by atoms with Crippen molar-refractivity contribution in [2.75, 3.05) is 13.1 Å². The lowest BCUT2D eigenvalue weighted by atomic mass is 10.1. The van der Waals surface area contributed by atoms with Gasteiger partial charge in [-0.1, -0.05) is 17.7 Å². The minimum atomic E-state index is -1.01. The highest BCUT2D eigenvalue weighted by Crippen LogP contribution is 2.28. The average molecular weight is 406 g/mol. The largest absolute Gasteiger partial charge is 0.338 e. The third-order valence-electron chi connectivity index (χ3n) is 5.09. The number of hydrogen-bond donors (Lipinski definition) is 0. The van der Waals surface area contributed by atoms with Gasteiger partial charge in [0.05, 0.1) is 11.6 Å². The van der Waals surface area contributed by atoms with Crippen LogP contribution in [0.15, 0.2) is 41.5 Å². The van der Waals surface area contributed by atoms with E-state index in [1.54, 1.807) is 28.9 Å². The summed E-state index contributed by atoms with van der Waals surface area (Å²) in [6.07, 6.45) is 2.68. The summed E-state index contributed by atoms with van der Waals surface area (Å²) < 4.78 is 30.0. The Morgan fingerprint density at radius 1 is 1.32 bits per heavy atom. The van der Waals surface area contributed by atoms with E-state index in [2.05, 4.69) is 0 Å². The third kappa shape index (κ3) is 3.20. The van der Waals surface area contributed by atoms with Crippen LogP contribution in [0.5, 0.6) is 0 Å². The van der Waals surface area contributed by atoms with Gasteiger partial charge >= 0.3 is 0 Å². The van der Waals surface area contributed by atoms with Gasteiger partial charge in [0, 0.05) is 30.2 Å². The minimum absolute atomic E-state index is 0.0326. The Balaban J connectivity index is 1.77. The molecule has 1 aromatic carbocycles. The molecule has 1 fully saturated rings. The number of halogens is 3. The molecule has 0 radical (unpaired) electrons. The predicted molar refractivity (Wildman–Crippen MR) is 103 cm³/mol. The lowest BCUT2D eigenvalue weighted by Gasteiger charge is -2.17. The molecule has 28 heavy (non-hydrogen) atoms. The monoisotopic (exact) mass is 405 g/mol. The van der Waals surface area contributed by atoms with E-state index in [0.29, 0.717) is 29.6 Å². The fourth-order valence-electron chi connectivity index (χ4n) is 3.63. The second-order valence-corrected chi connectivity index (χ2v) is 7.41. The smallest absolute Gasteiger partial charge is 0.275 e. The molecule has 0 N–H and O–H groups in total. The van der Waals surface area contributed by atoms with E-state index in [4.69, 9.17) is 11.6 Å². The Labute approximate surface area is 164 Å². The third-order valence-corrected chi connectivity index (χ3v) is 5.38. The van der Waals surface area contributed by atoms with Gasteiger partial charge in [0.2, 0.25) is 5.91 Å². The highest BCUT2D eigenvalue weighted by Gasteiger charge is 2.26. The number of benzene rings is 1. The van der Waals surface area contributed by atoms with Gasteiger partial charge in [-0.05, 0) is 37.1 Å². The quantitative estimate of drug-likeness (QED) is 0.670. The van der Waals surface area contributed by atoms with Gasteiger partial charge < -0.3 is 13.9 Å². The predicted octanol–water partition coefficient (Wildman–Crippen LogP) is 3.44. The van der Waals surface area contributed by atoms with Crippen LogP contribution >= 0.6 is 11.6 Å². The van der Waals surface area contributed by atoms with Crippen LogP contribution in [0, 0.1) is 12.7 Å². The fraction of sp³-hybridized carbons (Fsp3) is 0.300. The summed E-state index contributed by atoms with van der Waals surface area (Å²) in [5, 5.41) is -0.0326. The molecule has 1 atom stereocenters. The fourth-order valence-corrected chi connectivity index (χ4v) is 3.81. The summed E-state index contributed by atoms with van der Waals surface area (Å²) in [7, 11) is 0. The van der Waals surface area contributed by atoms with Crippen LogP contribution in [0.1, 0.15) is 12.1 Å². The average Bonchev–Trinajstić information content (AvgIpc) is 3.29. The van der Waals surface area contributed by atoms with Crippen molar-refractivity contribution >= 4 is 23.0 Å². The zero-order valence-electron chi connectivity index (χ0n) is 15.2. The number of carbonyl (C=O) groups is 1. The zero-order chi connectivity index (χ0) is 20.0. The van der Waals surface area contributed by atoms with Crippen LogP contribution in [-0.2, 0) is 11.3 Å². The Hall–Kier alpha value is -2.67. The zero-order valence-corrected chi connectivity index (χ0v) is 15.9. The van der Waals surface area contributed by atoms with E-state index >= 15 is 0 Å². The number of fused-ring (bicyclic) bond motifs is 1. The molecule has 0 bridgehead atoms. The molecule has 3 heterocycles. The molecule has 1 unspecified atom stereocenters. The summed E-state index contributed by atoms with van der Waals surface area (Å²) >= 11 is 5.89. The van der Waals surface area contributed by atoms with Gasteiger partial charge in [0.25, 0.3) is 5.56 Å². The van der Waals surface area contributed by atoms with Crippen molar-refractivity contribution in [3.05, 3.63) is 63.5 Å². The Bertz CT molecular complexity index is 1140. The lowest BCUT2D eigenvalue weighted by Crippen LogP contribution is -2.35. The van der Waals surface area contributed by atoms with Crippen LogP contribution in [0.3, 0.4) is 0 Å². The van der Waals surface area contributed by atoms with Crippen LogP contribution in [-0.4, -0.2) is 39.0 Å². The Kier molecular flexibility index (Phi) is 4.71. The van der Waals surface area contributed by atoms with E-state index in [9.17, 15) is 18.4 Å². The molecule has 4 rings (SSSR count). The van der Waals surface area contributed by atoms with Crippen molar-refractivity contribution < 1.29 is 13.6 Å². The van der Waals surface area contributed by atoms with Crippen LogP contribution in [0.4, 0.5) is 8.78 Å². The maximum atomic E-state index is 13.5. The van der Waals surface area contributed by atoms with Crippen molar-refractivity contribution in [1.82, 2.24) is 13.9 Å². The van der Waals surface area contributed by atoms with Gasteiger partial charge in [-0.25, -0.2) is 8.78 Å². The molecule has 2 aromatic heterocycles. The van der Waals surface area contributed by atoms with Crippen LogP contribution in [0.25, 0.3) is 16.6 Å². The van der Waals surface area contributed by atoms with Gasteiger partial charge in [0.1, 0.15) is 24.1 Å². The van der Waals surface area contributed by atoms with Crippen LogP contribution < -0.4 is 5.56 Å². The van der Waals surface area contributed by atoms with E-state index in [-0.39, 0.29) is 29.6 Å². The van der Waals surface area contributed by atoms with Crippen molar-refractivity contribution in [2.24, 2.45) is 0 Å². The maximum absolute atomic E-state index is 13.5. The molecule has 0 aliphatic carbocycles. The number of amides is 1. The molecular weight excluding hydrogens is 388 g/mol. The molecular formula is C20H18ClF2N3O2. The number of carbonyl (C=O) groups excluding carboxylic acids is 1. The highest BCUT2D eigenvalue weighted by molar-refractivity contribution is 6.31. The number of rotatable bonds is 3. The molecule has 0 saturated carbocycles. The van der Waals surface area contributed by atoms with E-state index < -0.39 is 12.0 Å². The van der Waals surface area contributed by atoms with Crippen molar-refractivity contribution in [2.45, 2.75) is 26.1 Å². The van der Waals surface area contributed by atoms with Crippen molar-refractivity contribution in [1.29, 1.82) is 0 Å². The van der Waals surface area contributed by atoms with E-state index in [0.717, 1.165) is 5.69 Å². The standard InChI is InChI=1S/C20H18ClF2N3O2/c1-12-9-25(11-18(27)24-6-4-14(22)10-24)20(28)19-15(5-7-26(12)19)13-2-3-17(23)16(21)8-13/h2-3,5,7-9,14H,4,6,10-11H2,1H3. The summed E-state index contributed by atoms with van der Waals surface area (Å²) in [6.45, 7) is 2.10. The second-order valence-electron chi connectivity index (χ2n) is 7.01. The first-order chi connectivity index (χ1) is 13.3. The summed E-state index contributed by atoms with van der Waals surface area (Å²) in [4.78, 5) is 27.0. The van der Waals surface area contributed by atoms with E-state index in [1.807, 2.05) is 6.92 Å². The molecule has 1 amide bonds. The summed E-state index contributed by atoms with van der Waals surface area (Å²) in [6, 6.07) is 6.03. The molecule has 5 nitrogen and oxygen atoms in total. The van der Waals surface area contributed by atoms with Gasteiger partial charge in [0.15, 0.2) is 0 Å². The molecule has 1 aliphatic heterocycles. The molecule has 1 aliphatic rings. The molecule has 0 spiro atoms. The van der Waals surface area contributed by atoms with Gasteiger partial charge in [-0.2, -0.15) is 0 Å². The number of aryl methyl sites for hydroxylation is 1. The Morgan fingerprint density at radius 3 is 2.79 bits per heavy atom. The van der Waals surface area contributed by atoms with Crippen molar-refractivity contribution in [3.8, 4) is 11.1 Å². The van der Waals surface area contributed by atoms with E-state index in [1.165, 1.54) is 21.6 Å². The topological polar surface area (TPSA) is 46.7 Å². The number of hydrogen-bond acceptors (Lipinski definition) is 2. The molecule has 8 heteroatoms. The number of aromatic nitrogens is 2. The molecule has 146 valence electrons. The summed E-state index contributed by atoms with van der Waals surface area (Å²) in [5.41, 5.74) is 1.98. The number of nitrogens with zero attached hydrogens (tertiary/aromatic N) is 3. The van der Waals surface area contributed by atoms with Crippen LogP contribution in [0.2, 0.25) is 5.02 Å².